The van der Waals surface area contributed by atoms with Gasteiger partial charge in [0.1, 0.15) is 0 Å². The second-order valence-corrected chi connectivity index (χ2v) is 4.34. The van der Waals surface area contributed by atoms with Crippen LogP contribution in [-0.4, -0.2) is 20.7 Å². The number of hydrogen-bond donors (Lipinski definition) is 1. The smallest absolute Gasteiger partial charge is 0.329 e. The van der Waals surface area contributed by atoms with Gasteiger partial charge in [-0.25, -0.2) is 13.9 Å². The Balaban J connectivity index is 2.51. The lowest BCUT2D eigenvalue weighted by atomic mass is 10.1. The van der Waals surface area contributed by atoms with E-state index in [0.717, 1.165) is 16.5 Å². The van der Waals surface area contributed by atoms with Crippen LogP contribution in [0.4, 0.5) is 0 Å². The van der Waals surface area contributed by atoms with Crippen molar-refractivity contribution in [2.75, 3.05) is 6.54 Å². The van der Waals surface area contributed by atoms with E-state index < -0.39 is 0 Å². The molecule has 5 heteroatoms. The fourth-order valence-electron chi connectivity index (χ4n) is 2.26. The van der Waals surface area contributed by atoms with Crippen LogP contribution in [0.25, 0.3) is 16.6 Å². The first-order valence-electron chi connectivity index (χ1n) is 5.90. The Labute approximate surface area is 103 Å². The van der Waals surface area contributed by atoms with Crippen LogP contribution >= 0.6 is 0 Å². The third-order valence-electron chi connectivity index (χ3n) is 3.08. The van der Waals surface area contributed by atoms with Gasteiger partial charge >= 0.3 is 5.69 Å². The molecule has 0 bridgehead atoms. The third-order valence-corrected chi connectivity index (χ3v) is 3.08. The lowest BCUT2D eigenvalue weighted by Crippen LogP contribution is -2.24. The number of rotatable bonds is 2. The summed E-state index contributed by atoms with van der Waals surface area (Å²) >= 11 is 0. The summed E-state index contributed by atoms with van der Waals surface area (Å²) in [7, 11) is 0. The fraction of sp³-hybridized carbons (Fsp3) is 0.231. The molecule has 0 fully saturated rings. The Kier molecular flexibility index (Phi) is 2.41. The molecule has 2 N–H and O–H groups in total. The number of benzene rings is 1. The van der Waals surface area contributed by atoms with Gasteiger partial charge in [0.15, 0.2) is 5.65 Å². The van der Waals surface area contributed by atoms with Crippen LogP contribution in [0, 0.1) is 6.92 Å². The zero-order chi connectivity index (χ0) is 12.7. The maximum atomic E-state index is 12.3. The van der Waals surface area contributed by atoms with Crippen molar-refractivity contribution in [3.63, 3.8) is 0 Å². The topological polar surface area (TPSA) is 65.3 Å². The molecule has 2 aromatic heterocycles. The summed E-state index contributed by atoms with van der Waals surface area (Å²) in [5, 5.41) is 5.38. The van der Waals surface area contributed by atoms with Gasteiger partial charge in [-0.15, -0.1) is 5.10 Å². The highest BCUT2D eigenvalue weighted by molar-refractivity contribution is 5.83. The molecule has 0 amide bonds. The molecule has 0 saturated heterocycles. The SMILES string of the molecule is Cc1cc2ccccc2n2c(=O)n(CCN)nc12. The number of fused-ring (bicyclic) bond motifs is 3. The number of aromatic nitrogens is 3. The summed E-state index contributed by atoms with van der Waals surface area (Å²) in [5.41, 5.74) is 7.93. The molecule has 18 heavy (non-hydrogen) atoms. The van der Waals surface area contributed by atoms with E-state index in [-0.39, 0.29) is 5.69 Å². The van der Waals surface area contributed by atoms with Crippen LogP contribution in [0.5, 0.6) is 0 Å². The largest absolute Gasteiger partial charge is 0.350 e. The summed E-state index contributed by atoms with van der Waals surface area (Å²) in [6.07, 6.45) is 0. The number of nitrogens with zero attached hydrogens (tertiary/aromatic N) is 3. The van der Waals surface area contributed by atoms with Gasteiger partial charge in [-0.1, -0.05) is 18.2 Å². The number of pyridine rings is 1. The zero-order valence-electron chi connectivity index (χ0n) is 10.1. The van der Waals surface area contributed by atoms with Gasteiger partial charge in [0, 0.05) is 6.54 Å². The minimum absolute atomic E-state index is 0.129. The number of aryl methyl sites for hydroxylation is 1. The van der Waals surface area contributed by atoms with E-state index in [2.05, 4.69) is 5.10 Å². The van der Waals surface area contributed by atoms with E-state index in [9.17, 15) is 4.79 Å². The van der Waals surface area contributed by atoms with Crippen molar-refractivity contribution in [1.29, 1.82) is 0 Å². The Bertz CT molecular complexity index is 785. The normalized spacial score (nSPS) is 11.4. The molecular formula is C13H14N4O. The summed E-state index contributed by atoms with van der Waals surface area (Å²) in [6, 6.07) is 9.85. The van der Waals surface area contributed by atoms with Gasteiger partial charge in [0.2, 0.25) is 0 Å². The predicted octanol–water partition coefficient (Wildman–Crippen LogP) is 0.916. The van der Waals surface area contributed by atoms with Gasteiger partial charge in [-0.3, -0.25) is 0 Å². The third kappa shape index (κ3) is 1.44. The fourth-order valence-corrected chi connectivity index (χ4v) is 2.26. The molecule has 0 unspecified atom stereocenters. The van der Waals surface area contributed by atoms with Crippen molar-refractivity contribution in [3.8, 4) is 0 Å². The first-order valence-corrected chi connectivity index (χ1v) is 5.90. The van der Waals surface area contributed by atoms with Crippen molar-refractivity contribution >= 4 is 16.6 Å². The monoisotopic (exact) mass is 242 g/mol. The highest BCUT2D eigenvalue weighted by Gasteiger charge is 2.11. The summed E-state index contributed by atoms with van der Waals surface area (Å²) in [6.45, 7) is 2.80. The zero-order valence-corrected chi connectivity index (χ0v) is 10.1. The van der Waals surface area contributed by atoms with Crippen LogP contribution in [0.15, 0.2) is 35.1 Å². The molecule has 0 atom stereocenters. The average molecular weight is 242 g/mol. The van der Waals surface area contributed by atoms with E-state index >= 15 is 0 Å². The number of nitrogens with two attached hydrogens (primary N) is 1. The van der Waals surface area contributed by atoms with Gasteiger partial charge in [0.05, 0.1) is 12.1 Å². The molecule has 0 saturated carbocycles. The lowest BCUT2D eigenvalue weighted by molar-refractivity contribution is 0.603. The molecule has 3 aromatic rings. The molecule has 0 aliphatic carbocycles. The van der Waals surface area contributed by atoms with Gasteiger partial charge in [-0.2, -0.15) is 0 Å². The van der Waals surface area contributed by atoms with E-state index in [0.29, 0.717) is 18.7 Å². The van der Waals surface area contributed by atoms with Crippen molar-refractivity contribution in [1.82, 2.24) is 14.2 Å². The van der Waals surface area contributed by atoms with Gasteiger partial charge in [-0.05, 0) is 30.0 Å². The van der Waals surface area contributed by atoms with Crippen molar-refractivity contribution in [2.24, 2.45) is 5.73 Å². The predicted molar refractivity (Wildman–Crippen MR) is 70.7 cm³/mol. The van der Waals surface area contributed by atoms with Crippen LogP contribution < -0.4 is 11.4 Å². The summed E-state index contributed by atoms with van der Waals surface area (Å²) in [4.78, 5) is 12.3. The molecule has 0 aliphatic heterocycles. The van der Waals surface area contributed by atoms with E-state index in [1.54, 1.807) is 4.40 Å². The molecule has 2 heterocycles. The van der Waals surface area contributed by atoms with Crippen LogP contribution in [0.3, 0.4) is 0 Å². The molecule has 0 radical (unpaired) electrons. The summed E-state index contributed by atoms with van der Waals surface area (Å²) in [5.74, 6) is 0. The maximum Gasteiger partial charge on any atom is 0.350 e. The second-order valence-electron chi connectivity index (χ2n) is 4.34. The quantitative estimate of drug-likeness (QED) is 0.726. The van der Waals surface area contributed by atoms with Crippen LogP contribution in [-0.2, 0) is 6.54 Å². The van der Waals surface area contributed by atoms with E-state index in [1.165, 1.54) is 4.68 Å². The Morgan fingerprint density at radius 2 is 2.11 bits per heavy atom. The number of para-hydroxylation sites is 1. The first-order chi connectivity index (χ1) is 8.72. The molecular weight excluding hydrogens is 228 g/mol. The molecule has 3 rings (SSSR count). The molecule has 0 spiro atoms. The van der Waals surface area contributed by atoms with Crippen molar-refractivity contribution < 1.29 is 0 Å². The minimum Gasteiger partial charge on any atom is -0.329 e. The van der Waals surface area contributed by atoms with Crippen molar-refractivity contribution in [2.45, 2.75) is 13.5 Å². The Morgan fingerprint density at radius 3 is 2.89 bits per heavy atom. The lowest BCUT2D eigenvalue weighted by Gasteiger charge is -2.02. The van der Waals surface area contributed by atoms with E-state index in [4.69, 9.17) is 5.73 Å². The van der Waals surface area contributed by atoms with E-state index in [1.807, 2.05) is 37.3 Å². The Hall–Kier alpha value is -2.14. The van der Waals surface area contributed by atoms with Crippen LogP contribution in [0.1, 0.15) is 5.56 Å². The Morgan fingerprint density at radius 1 is 1.33 bits per heavy atom. The highest BCUT2D eigenvalue weighted by Crippen LogP contribution is 2.17. The first kappa shape index (κ1) is 11.0. The summed E-state index contributed by atoms with van der Waals surface area (Å²) < 4.78 is 3.08. The highest BCUT2D eigenvalue weighted by atomic mass is 16.2. The minimum atomic E-state index is -0.129. The maximum absolute atomic E-state index is 12.3. The van der Waals surface area contributed by atoms with Crippen molar-refractivity contribution in [3.05, 3.63) is 46.4 Å². The average Bonchev–Trinajstić information content (AvgIpc) is 2.69. The second kappa shape index (κ2) is 3.96. The molecule has 1 aromatic carbocycles. The van der Waals surface area contributed by atoms with Gasteiger partial charge < -0.3 is 5.73 Å². The van der Waals surface area contributed by atoms with Crippen LogP contribution in [0.2, 0.25) is 0 Å². The molecule has 5 nitrogen and oxygen atoms in total. The standard InChI is InChI=1S/C13H14N4O/c1-9-8-10-4-2-3-5-11(10)17-12(9)15-16(7-6-14)13(17)18/h2-5,8H,6-7,14H2,1H3. The van der Waals surface area contributed by atoms with Gasteiger partial charge in [0.25, 0.3) is 0 Å². The molecule has 92 valence electrons. The molecule has 0 aliphatic rings. The number of hydrogen-bond acceptors (Lipinski definition) is 3.